The average molecular weight is 265 g/mol. The van der Waals surface area contributed by atoms with E-state index >= 15 is 0 Å². The molecule has 1 amide bonds. The van der Waals surface area contributed by atoms with Gasteiger partial charge in [-0.1, -0.05) is 6.07 Å². The topological polar surface area (TPSA) is 92.8 Å². The Morgan fingerprint density at radius 1 is 1.32 bits per heavy atom. The standard InChI is InChI=1S/C14H19NO4/c1-7-5-8(2)10-6-14(17,18)13(4,12(15)16)19-11(10)9(7)3/h5,17-18H,6H2,1-4H3,(H2,15,16). The molecule has 0 aromatic heterocycles. The van der Waals surface area contributed by atoms with E-state index < -0.39 is 17.3 Å². The number of hydrogen-bond donors (Lipinski definition) is 3. The zero-order chi connectivity index (χ0) is 14.6. The van der Waals surface area contributed by atoms with E-state index in [4.69, 9.17) is 10.5 Å². The van der Waals surface area contributed by atoms with Crippen LogP contribution < -0.4 is 10.5 Å². The molecule has 0 spiro atoms. The van der Waals surface area contributed by atoms with Gasteiger partial charge in [0.05, 0.1) is 0 Å². The van der Waals surface area contributed by atoms with E-state index in [1.165, 1.54) is 6.92 Å². The molecule has 1 aromatic rings. The molecule has 5 heteroatoms. The summed E-state index contributed by atoms with van der Waals surface area (Å²) in [6.45, 7) is 6.98. The summed E-state index contributed by atoms with van der Waals surface area (Å²) in [5.41, 5.74) is 6.92. The molecule has 0 saturated heterocycles. The molecule has 1 unspecified atom stereocenters. The van der Waals surface area contributed by atoms with Gasteiger partial charge in [0.15, 0.2) is 0 Å². The summed E-state index contributed by atoms with van der Waals surface area (Å²) in [6.07, 6.45) is -0.0886. The highest BCUT2D eigenvalue weighted by atomic mass is 16.6. The Morgan fingerprint density at radius 3 is 2.42 bits per heavy atom. The Labute approximate surface area is 112 Å². The summed E-state index contributed by atoms with van der Waals surface area (Å²) in [5, 5.41) is 20.3. The van der Waals surface area contributed by atoms with Crippen molar-refractivity contribution in [1.29, 1.82) is 0 Å². The zero-order valence-electron chi connectivity index (χ0n) is 11.6. The molecule has 1 aliphatic heterocycles. The van der Waals surface area contributed by atoms with Crippen molar-refractivity contribution in [2.24, 2.45) is 5.73 Å². The molecule has 5 nitrogen and oxygen atoms in total. The van der Waals surface area contributed by atoms with Gasteiger partial charge >= 0.3 is 0 Å². The highest BCUT2D eigenvalue weighted by Gasteiger charge is 2.56. The minimum absolute atomic E-state index is 0.0886. The number of ether oxygens (including phenoxy) is 1. The third-order valence-electron chi connectivity index (χ3n) is 4.08. The average Bonchev–Trinajstić information content (AvgIpc) is 2.28. The first kappa shape index (κ1) is 13.8. The van der Waals surface area contributed by atoms with Gasteiger partial charge in [-0.25, -0.2) is 0 Å². The van der Waals surface area contributed by atoms with Crippen LogP contribution in [0.3, 0.4) is 0 Å². The number of fused-ring (bicyclic) bond motifs is 1. The maximum Gasteiger partial charge on any atom is 0.267 e. The summed E-state index contributed by atoms with van der Waals surface area (Å²) in [5.74, 6) is -2.70. The summed E-state index contributed by atoms with van der Waals surface area (Å²) in [6, 6.07) is 1.96. The monoisotopic (exact) mass is 265 g/mol. The third-order valence-corrected chi connectivity index (χ3v) is 4.08. The highest BCUT2D eigenvalue weighted by Crippen LogP contribution is 2.42. The van der Waals surface area contributed by atoms with Gasteiger partial charge in [0.2, 0.25) is 11.4 Å². The Morgan fingerprint density at radius 2 is 1.89 bits per heavy atom. The summed E-state index contributed by atoms with van der Waals surface area (Å²) < 4.78 is 5.61. The second-order valence-electron chi connectivity index (χ2n) is 5.44. The molecule has 1 atom stereocenters. The molecular weight excluding hydrogens is 246 g/mol. The van der Waals surface area contributed by atoms with Crippen LogP contribution >= 0.6 is 0 Å². The first-order valence-corrected chi connectivity index (χ1v) is 6.13. The fourth-order valence-corrected chi connectivity index (χ4v) is 2.41. The summed E-state index contributed by atoms with van der Waals surface area (Å²) >= 11 is 0. The van der Waals surface area contributed by atoms with Crippen LogP contribution in [-0.4, -0.2) is 27.5 Å². The van der Waals surface area contributed by atoms with Crippen LogP contribution in [0.15, 0.2) is 6.07 Å². The predicted molar refractivity (Wildman–Crippen MR) is 69.8 cm³/mol. The number of aliphatic hydroxyl groups is 2. The van der Waals surface area contributed by atoms with Crippen LogP contribution in [0.4, 0.5) is 0 Å². The lowest BCUT2D eigenvalue weighted by molar-refractivity contribution is -0.256. The Kier molecular flexibility index (Phi) is 2.88. The van der Waals surface area contributed by atoms with Crippen molar-refractivity contribution in [3.8, 4) is 5.75 Å². The normalized spacial score (nSPS) is 24.5. The molecule has 19 heavy (non-hydrogen) atoms. The van der Waals surface area contributed by atoms with E-state index in [1.54, 1.807) is 0 Å². The predicted octanol–water partition coefficient (Wildman–Crippen LogP) is 0.472. The van der Waals surface area contributed by atoms with Crippen molar-refractivity contribution in [3.63, 3.8) is 0 Å². The minimum Gasteiger partial charge on any atom is -0.471 e. The van der Waals surface area contributed by atoms with Gasteiger partial charge in [-0.3, -0.25) is 4.79 Å². The van der Waals surface area contributed by atoms with Crippen molar-refractivity contribution >= 4 is 5.91 Å². The largest absolute Gasteiger partial charge is 0.471 e. The van der Waals surface area contributed by atoms with Crippen LogP contribution in [0.5, 0.6) is 5.75 Å². The van der Waals surface area contributed by atoms with E-state index in [-0.39, 0.29) is 6.42 Å². The molecule has 0 aliphatic carbocycles. The van der Waals surface area contributed by atoms with Crippen LogP contribution in [0, 0.1) is 20.8 Å². The van der Waals surface area contributed by atoms with E-state index in [2.05, 4.69) is 0 Å². The first-order valence-electron chi connectivity index (χ1n) is 6.13. The number of hydrogen-bond acceptors (Lipinski definition) is 4. The van der Waals surface area contributed by atoms with Gasteiger partial charge < -0.3 is 20.7 Å². The van der Waals surface area contributed by atoms with E-state index in [9.17, 15) is 15.0 Å². The van der Waals surface area contributed by atoms with Gasteiger partial charge in [0.1, 0.15) is 5.75 Å². The van der Waals surface area contributed by atoms with Crippen molar-refractivity contribution in [2.45, 2.75) is 45.5 Å². The molecule has 1 aromatic carbocycles. The summed E-state index contributed by atoms with van der Waals surface area (Å²) in [7, 11) is 0. The number of benzene rings is 1. The van der Waals surface area contributed by atoms with Crippen molar-refractivity contribution < 1.29 is 19.7 Å². The van der Waals surface area contributed by atoms with Gasteiger partial charge in [0, 0.05) is 12.0 Å². The zero-order valence-corrected chi connectivity index (χ0v) is 11.6. The fraction of sp³-hybridized carbons (Fsp3) is 0.500. The summed E-state index contributed by atoms with van der Waals surface area (Å²) in [4.78, 5) is 11.6. The molecular formula is C14H19NO4. The SMILES string of the molecule is Cc1cc(C)c2c(c1C)OC(C)(C(N)=O)C(O)(O)C2. The smallest absolute Gasteiger partial charge is 0.267 e. The van der Waals surface area contributed by atoms with Crippen LogP contribution in [0.2, 0.25) is 0 Å². The lowest BCUT2D eigenvalue weighted by atomic mass is 9.82. The number of rotatable bonds is 1. The lowest BCUT2D eigenvalue weighted by Crippen LogP contribution is -2.66. The van der Waals surface area contributed by atoms with Gasteiger partial charge in [-0.05, 0) is 44.4 Å². The Hall–Kier alpha value is -1.59. The van der Waals surface area contributed by atoms with E-state index in [0.29, 0.717) is 11.3 Å². The second kappa shape index (κ2) is 3.95. The van der Waals surface area contributed by atoms with Crippen LogP contribution in [0.1, 0.15) is 29.2 Å². The molecule has 0 radical (unpaired) electrons. The van der Waals surface area contributed by atoms with Crippen molar-refractivity contribution in [2.75, 3.05) is 0 Å². The third kappa shape index (κ3) is 1.81. The minimum atomic E-state index is -2.32. The molecule has 0 saturated carbocycles. The molecule has 2 rings (SSSR count). The quantitative estimate of drug-likeness (QED) is 0.644. The van der Waals surface area contributed by atoms with Crippen LogP contribution in [-0.2, 0) is 11.2 Å². The van der Waals surface area contributed by atoms with Gasteiger partial charge in [-0.15, -0.1) is 0 Å². The number of amides is 1. The molecule has 0 bridgehead atoms. The Balaban J connectivity index is 2.68. The van der Waals surface area contributed by atoms with Crippen molar-refractivity contribution in [3.05, 3.63) is 28.3 Å². The molecule has 0 fully saturated rings. The maximum atomic E-state index is 11.6. The number of nitrogens with two attached hydrogens (primary N) is 1. The number of carbonyl (C=O) groups excluding carboxylic acids is 1. The van der Waals surface area contributed by atoms with E-state index in [1.807, 2.05) is 26.8 Å². The van der Waals surface area contributed by atoms with Crippen LogP contribution in [0.25, 0.3) is 0 Å². The molecule has 104 valence electrons. The lowest BCUT2D eigenvalue weighted by Gasteiger charge is -2.44. The fourth-order valence-electron chi connectivity index (χ4n) is 2.41. The second-order valence-corrected chi connectivity index (χ2v) is 5.44. The number of carbonyl (C=O) groups is 1. The van der Waals surface area contributed by atoms with Crippen molar-refractivity contribution in [1.82, 2.24) is 0 Å². The first-order chi connectivity index (χ1) is 8.60. The molecule has 1 aliphatic rings. The number of aryl methyl sites for hydroxylation is 2. The van der Waals surface area contributed by atoms with Gasteiger partial charge in [-0.2, -0.15) is 0 Å². The maximum absolute atomic E-state index is 11.6. The highest BCUT2D eigenvalue weighted by molar-refractivity contribution is 5.85. The molecule has 1 heterocycles. The number of primary amides is 1. The molecule has 4 N–H and O–H groups in total. The van der Waals surface area contributed by atoms with E-state index in [0.717, 1.165) is 16.7 Å². The van der Waals surface area contributed by atoms with Gasteiger partial charge in [0.25, 0.3) is 5.91 Å². The Bertz CT molecular complexity index is 565.